The molecule has 1 fully saturated rings. The first-order chi connectivity index (χ1) is 6.63. The highest BCUT2D eigenvalue weighted by Gasteiger charge is 2.22. The summed E-state index contributed by atoms with van der Waals surface area (Å²) >= 11 is 0. The van der Waals surface area contributed by atoms with Gasteiger partial charge in [0.25, 0.3) is 0 Å². The monoisotopic (exact) mass is 196 g/mol. The van der Waals surface area contributed by atoms with Crippen LogP contribution in [0.1, 0.15) is 19.8 Å². The molecule has 4 heteroatoms. The molecule has 2 amide bonds. The SMILES string of the molecule is C=CC(=O)N1CCC[C@H](NC(C)=O)C1. The highest BCUT2D eigenvalue weighted by atomic mass is 16.2. The lowest BCUT2D eigenvalue weighted by Crippen LogP contribution is -2.48. The maximum absolute atomic E-state index is 11.3. The first-order valence-corrected chi connectivity index (χ1v) is 4.82. The van der Waals surface area contributed by atoms with Gasteiger partial charge in [0.2, 0.25) is 11.8 Å². The van der Waals surface area contributed by atoms with Gasteiger partial charge in [0, 0.05) is 26.1 Å². The molecule has 78 valence electrons. The van der Waals surface area contributed by atoms with E-state index in [1.165, 1.54) is 13.0 Å². The highest BCUT2D eigenvalue weighted by Crippen LogP contribution is 2.10. The number of carbonyl (C=O) groups is 2. The van der Waals surface area contributed by atoms with Crippen LogP contribution in [0.4, 0.5) is 0 Å². The minimum absolute atomic E-state index is 0.0390. The van der Waals surface area contributed by atoms with Crippen molar-refractivity contribution in [3.63, 3.8) is 0 Å². The van der Waals surface area contributed by atoms with Gasteiger partial charge in [-0.05, 0) is 18.9 Å². The van der Waals surface area contributed by atoms with Crippen LogP contribution in [0.25, 0.3) is 0 Å². The molecule has 1 aliphatic rings. The van der Waals surface area contributed by atoms with Crippen molar-refractivity contribution in [2.75, 3.05) is 13.1 Å². The van der Waals surface area contributed by atoms with Crippen LogP contribution < -0.4 is 5.32 Å². The van der Waals surface area contributed by atoms with Crippen LogP contribution in [0.15, 0.2) is 12.7 Å². The largest absolute Gasteiger partial charge is 0.352 e. The van der Waals surface area contributed by atoms with Crippen molar-refractivity contribution in [3.05, 3.63) is 12.7 Å². The Kier molecular flexibility index (Phi) is 3.68. The maximum Gasteiger partial charge on any atom is 0.246 e. The van der Waals surface area contributed by atoms with E-state index in [-0.39, 0.29) is 17.9 Å². The summed E-state index contributed by atoms with van der Waals surface area (Å²) < 4.78 is 0. The summed E-state index contributed by atoms with van der Waals surface area (Å²) in [5.74, 6) is -0.0945. The number of amides is 2. The van der Waals surface area contributed by atoms with E-state index >= 15 is 0 Å². The van der Waals surface area contributed by atoms with Gasteiger partial charge in [-0.2, -0.15) is 0 Å². The zero-order valence-electron chi connectivity index (χ0n) is 8.45. The van der Waals surface area contributed by atoms with Crippen molar-refractivity contribution in [2.45, 2.75) is 25.8 Å². The lowest BCUT2D eigenvalue weighted by molar-refractivity contribution is -0.128. The minimum atomic E-state index is -0.0555. The summed E-state index contributed by atoms with van der Waals surface area (Å²) in [6, 6.07) is 0.102. The summed E-state index contributed by atoms with van der Waals surface area (Å²) in [5.41, 5.74) is 0. The third-order valence-corrected chi connectivity index (χ3v) is 2.32. The molecule has 14 heavy (non-hydrogen) atoms. The standard InChI is InChI=1S/C10H16N2O2/c1-3-10(14)12-6-4-5-9(7-12)11-8(2)13/h3,9H,1,4-7H2,2H3,(H,11,13)/t9-/m0/s1. The molecule has 1 rings (SSSR count). The molecule has 1 saturated heterocycles. The number of hydrogen-bond donors (Lipinski definition) is 1. The van der Waals surface area contributed by atoms with Crippen molar-refractivity contribution in [1.29, 1.82) is 0 Å². The fourth-order valence-corrected chi connectivity index (χ4v) is 1.71. The molecule has 0 aliphatic carbocycles. The Morgan fingerprint density at radius 2 is 2.29 bits per heavy atom. The Morgan fingerprint density at radius 1 is 1.57 bits per heavy atom. The van der Waals surface area contributed by atoms with Crippen LogP contribution >= 0.6 is 0 Å². The topological polar surface area (TPSA) is 49.4 Å². The second-order valence-electron chi connectivity index (χ2n) is 3.53. The molecule has 1 atom stereocenters. The van der Waals surface area contributed by atoms with E-state index in [9.17, 15) is 9.59 Å². The van der Waals surface area contributed by atoms with Crippen LogP contribution in [0.2, 0.25) is 0 Å². The number of likely N-dealkylation sites (tertiary alicyclic amines) is 1. The Bertz CT molecular complexity index is 251. The number of nitrogens with one attached hydrogen (secondary N) is 1. The van der Waals surface area contributed by atoms with E-state index in [4.69, 9.17) is 0 Å². The number of piperidine rings is 1. The number of carbonyl (C=O) groups excluding carboxylic acids is 2. The maximum atomic E-state index is 11.3. The van der Waals surface area contributed by atoms with E-state index in [0.29, 0.717) is 6.54 Å². The van der Waals surface area contributed by atoms with E-state index in [0.717, 1.165) is 19.4 Å². The molecule has 0 spiro atoms. The van der Waals surface area contributed by atoms with E-state index < -0.39 is 0 Å². The molecular formula is C10H16N2O2. The van der Waals surface area contributed by atoms with Crippen LogP contribution in [0, 0.1) is 0 Å². The van der Waals surface area contributed by atoms with Crippen molar-refractivity contribution in [1.82, 2.24) is 10.2 Å². The van der Waals surface area contributed by atoms with Crippen LogP contribution in [0.3, 0.4) is 0 Å². The lowest BCUT2D eigenvalue weighted by atomic mass is 10.1. The Morgan fingerprint density at radius 3 is 2.86 bits per heavy atom. The molecule has 0 aromatic rings. The van der Waals surface area contributed by atoms with E-state index in [1.54, 1.807) is 4.90 Å². The number of hydrogen-bond acceptors (Lipinski definition) is 2. The lowest BCUT2D eigenvalue weighted by Gasteiger charge is -2.32. The quantitative estimate of drug-likeness (QED) is 0.646. The Labute approximate surface area is 84.0 Å². The predicted molar refractivity (Wildman–Crippen MR) is 53.6 cm³/mol. The molecule has 1 aliphatic heterocycles. The second-order valence-corrected chi connectivity index (χ2v) is 3.53. The highest BCUT2D eigenvalue weighted by molar-refractivity contribution is 5.87. The van der Waals surface area contributed by atoms with Crippen LogP contribution in [-0.2, 0) is 9.59 Å². The van der Waals surface area contributed by atoms with Crippen molar-refractivity contribution in [3.8, 4) is 0 Å². The fourth-order valence-electron chi connectivity index (χ4n) is 1.71. The molecule has 0 bridgehead atoms. The second kappa shape index (κ2) is 4.79. The van der Waals surface area contributed by atoms with Crippen LogP contribution in [0.5, 0.6) is 0 Å². The van der Waals surface area contributed by atoms with Crippen molar-refractivity contribution < 1.29 is 9.59 Å². The Balaban J connectivity index is 2.47. The fraction of sp³-hybridized carbons (Fsp3) is 0.600. The van der Waals surface area contributed by atoms with Gasteiger partial charge >= 0.3 is 0 Å². The third kappa shape index (κ3) is 2.87. The average molecular weight is 196 g/mol. The van der Waals surface area contributed by atoms with Crippen LogP contribution in [-0.4, -0.2) is 35.8 Å². The number of nitrogens with zero attached hydrogens (tertiary/aromatic N) is 1. The van der Waals surface area contributed by atoms with Gasteiger partial charge in [0.1, 0.15) is 0 Å². The van der Waals surface area contributed by atoms with Crippen molar-refractivity contribution in [2.24, 2.45) is 0 Å². The molecule has 0 radical (unpaired) electrons. The van der Waals surface area contributed by atoms with Gasteiger partial charge in [0.05, 0.1) is 0 Å². The molecular weight excluding hydrogens is 180 g/mol. The third-order valence-electron chi connectivity index (χ3n) is 2.32. The summed E-state index contributed by atoms with van der Waals surface area (Å²) in [7, 11) is 0. The number of rotatable bonds is 2. The van der Waals surface area contributed by atoms with E-state index in [1.807, 2.05) is 0 Å². The molecule has 1 N–H and O–H groups in total. The van der Waals surface area contributed by atoms with Crippen molar-refractivity contribution >= 4 is 11.8 Å². The molecule has 0 aromatic carbocycles. The summed E-state index contributed by atoms with van der Waals surface area (Å²) in [5, 5.41) is 2.82. The average Bonchev–Trinajstić information content (AvgIpc) is 2.16. The van der Waals surface area contributed by atoms with E-state index in [2.05, 4.69) is 11.9 Å². The van der Waals surface area contributed by atoms with Gasteiger partial charge in [-0.3, -0.25) is 9.59 Å². The first kappa shape index (κ1) is 10.8. The summed E-state index contributed by atoms with van der Waals surface area (Å²) in [4.78, 5) is 23.8. The van der Waals surface area contributed by atoms with Gasteiger partial charge in [0.15, 0.2) is 0 Å². The summed E-state index contributed by atoms with van der Waals surface area (Å²) in [6.07, 6.45) is 3.20. The molecule has 0 saturated carbocycles. The Hall–Kier alpha value is -1.32. The van der Waals surface area contributed by atoms with Gasteiger partial charge in [-0.25, -0.2) is 0 Å². The zero-order valence-corrected chi connectivity index (χ0v) is 8.45. The normalized spacial score (nSPS) is 21.5. The summed E-state index contributed by atoms with van der Waals surface area (Å²) in [6.45, 7) is 6.30. The van der Waals surface area contributed by atoms with Gasteiger partial charge in [-0.15, -0.1) is 0 Å². The molecule has 1 heterocycles. The molecule has 0 aromatic heterocycles. The smallest absolute Gasteiger partial charge is 0.246 e. The molecule has 4 nitrogen and oxygen atoms in total. The van der Waals surface area contributed by atoms with Gasteiger partial charge in [-0.1, -0.05) is 6.58 Å². The zero-order chi connectivity index (χ0) is 10.6. The predicted octanol–water partition coefficient (Wildman–Crippen LogP) is 0.299. The van der Waals surface area contributed by atoms with Gasteiger partial charge < -0.3 is 10.2 Å². The first-order valence-electron chi connectivity index (χ1n) is 4.82. The molecule has 0 unspecified atom stereocenters. The minimum Gasteiger partial charge on any atom is -0.352 e.